The molecule has 3 rings (SSSR count). The van der Waals surface area contributed by atoms with Gasteiger partial charge in [0.1, 0.15) is 17.2 Å². The van der Waals surface area contributed by atoms with Crippen LogP contribution in [-0.4, -0.2) is 0 Å². The molecule has 0 saturated heterocycles. The standard InChI is InChI=1S/C36H51O3P/c1-22-16-25(4)31(28(19-22)34(7,8)9)37-40(38-32-26(5)17-23(2)20-29(32)35(10,11)12)39-33-27(6)18-24(3)21-30(33)36(13,14)15/h16-21H,1-15H3. The summed E-state index contributed by atoms with van der Waals surface area (Å²) < 4.78 is 20.7. The van der Waals surface area contributed by atoms with Gasteiger partial charge >= 0.3 is 8.60 Å². The van der Waals surface area contributed by atoms with Crippen molar-refractivity contribution in [2.24, 2.45) is 0 Å². The first-order valence-electron chi connectivity index (χ1n) is 14.4. The fourth-order valence-corrected chi connectivity index (χ4v) is 6.46. The average Bonchev–Trinajstić information content (AvgIpc) is 2.76. The van der Waals surface area contributed by atoms with Gasteiger partial charge < -0.3 is 13.6 Å². The van der Waals surface area contributed by atoms with Crippen molar-refractivity contribution in [3.63, 3.8) is 0 Å². The second-order valence-corrected chi connectivity index (χ2v) is 15.6. The van der Waals surface area contributed by atoms with E-state index in [-0.39, 0.29) is 16.2 Å². The molecule has 3 nitrogen and oxygen atoms in total. The Balaban J connectivity index is 2.25. The summed E-state index contributed by atoms with van der Waals surface area (Å²) in [5.74, 6) is 2.52. The molecule has 0 fully saturated rings. The normalized spacial score (nSPS) is 12.6. The van der Waals surface area contributed by atoms with E-state index in [0.29, 0.717) is 0 Å². The molecule has 0 aliphatic heterocycles. The van der Waals surface area contributed by atoms with Gasteiger partial charge in [-0.15, -0.1) is 0 Å². The van der Waals surface area contributed by atoms with E-state index in [4.69, 9.17) is 13.6 Å². The molecule has 40 heavy (non-hydrogen) atoms. The summed E-state index contributed by atoms with van der Waals surface area (Å²) in [4.78, 5) is 0. The van der Waals surface area contributed by atoms with E-state index in [2.05, 4.69) is 140 Å². The van der Waals surface area contributed by atoms with Crippen LogP contribution in [0.1, 0.15) is 112 Å². The minimum atomic E-state index is -1.86. The van der Waals surface area contributed by atoms with Gasteiger partial charge in [-0.2, -0.15) is 0 Å². The topological polar surface area (TPSA) is 27.7 Å². The third kappa shape index (κ3) is 7.41. The third-order valence-electron chi connectivity index (χ3n) is 7.18. The Morgan fingerprint density at radius 3 is 0.825 bits per heavy atom. The van der Waals surface area contributed by atoms with Crippen molar-refractivity contribution in [3.8, 4) is 17.2 Å². The Morgan fingerprint density at radius 1 is 0.400 bits per heavy atom. The van der Waals surface area contributed by atoms with E-state index in [1.807, 2.05) is 0 Å². The van der Waals surface area contributed by atoms with Crippen molar-refractivity contribution >= 4 is 8.60 Å². The summed E-state index contributed by atoms with van der Waals surface area (Å²) in [6, 6.07) is 13.2. The summed E-state index contributed by atoms with van der Waals surface area (Å²) >= 11 is 0. The van der Waals surface area contributed by atoms with Crippen LogP contribution in [0.4, 0.5) is 0 Å². The van der Waals surface area contributed by atoms with Crippen LogP contribution in [0.25, 0.3) is 0 Å². The van der Waals surface area contributed by atoms with E-state index in [9.17, 15) is 0 Å². The molecule has 0 radical (unpaired) electrons. The summed E-state index contributed by atoms with van der Waals surface area (Å²) in [7, 11) is -1.86. The molecular formula is C36H51O3P. The van der Waals surface area contributed by atoms with Gasteiger partial charge in [0.05, 0.1) is 0 Å². The first kappa shape index (κ1) is 32.0. The monoisotopic (exact) mass is 562 g/mol. The molecule has 3 aromatic carbocycles. The van der Waals surface area contributed by atoms with Gasteiger partial charge in [-0.1, -0.05) is 115 Å². The number of hydrogen-bond acceptors (Lipinski definition) is 3. The second-order valence-electron chi connectivity index (χ2n) is 14.6. The summed E-state index contributed by atoms with van der Waals surface area (Å²) in [6.07, 6.45) is 0. The lowest BCUT2D eigenvalue weighted by molar-refractivity contribution is 0.369. The third-order valence-corrected chi connectivity index (χ3v) is 8.17. The van der Waals surface area contributed by atoms with Gasteiger partial charge in [0.2, 0.25) is 0 Å². The molecule has 0 unspecified atom stereocenters. The molecule has 0 atom stereocenters. The minimum absolute atomic E-state index is 0.111. The highest BCUT2D eigenvalue weighted by molar-refractivity contribution is 7.43. The van der Waals surface area contributed by atoms with E-state index in [1.54, 1.807) is 0 Å². The van der Waals surface area contributed by atoms with E-state index in [0.717, 1.165) is 50.6 Å². The average molecular weight is 563 g/mol. The molecule has 0 spiro atoms. The maximum atomic E-state index is 6.89. The first-order valence-corrected chi connectivity index (χ1v) is 15.5. The lowest BCUT2D eigenvalue weighted by Crippen LogP contribution is -2.18. The number of benzene rings is 3. The SMILES string of the molecule is Cc1cc(C)c(OP(Oc2c(C)cc(C)cc2C(C)(C)C)Oc2c(C)cc(C)cc2C(C)(C)C)c(C(C)(C)C)c1. The van der Waals surface area contributed by atoms with Crippen LogP contribution >= 0.6 is 8.60 Å². The van der Waals surface area contributed by atoms with Crippen molar-refractivity contribution in [3.05, 3.63) is 86.5 Å². The lowest BCUT2D eigenvalue weighted by atomic mass is 9.84. The zero-order chi connectivity index (χ0) is 30.4. The van der Waals surface area contributed by atoms with E-state index < -0.39 is 8.60 Å². The minimum Gasteiger partial charge on any atom is -0.408 e. The van der Waals surface area contributed by atoms with Crippen molar-refractivity contribution < 1.29 is 13.6 Å². The predicted octanol–water partition coefficient (Wildman–Crippen LogP) is 11.2. The van der Waals surface area contributed by atoms with Crippen LogP contribution in [-0.2, 0) is 16.2 Å². The molecule has 0 bridgehead atoms. The number of hydrogen-bond donors (Lipinski definition) is 0. The van der Waals surface area contributed by atoms with Crippen molar-refractivity contribution in [1.82, 2.24) is 0 Å². The largest absolute Gasteiger partial charge is 0.530 e. The maximum Gasteiger partial charge on any atom is 0.530 e. The van der Waals surface area contributed by atoms with Crippen molar-refractivity contribution in [2.45, 2.75) is 120 Å². The first-order chi connectivity index (χ1) is 18.2. The summed E-state index contributed by atoms with van der Waals surface area (Å²) in [6.45, 7) is 32.8. The molecular weight excluding hydrogens is 511 g/mol. The fourth-order valence-electron chi connectivity index (χ4n) is 5.18. The Kier molecular flexibility index (Phi) is 9.12. The number of rotatable bonds is 6. The Morgan fingerprint density at radius 2 is 0.625 bits per heavy atom. The van der Waals surface area contributed by atoms with Gasteiger partial charge in [-0.3, -0.25) is 0 Å². The Labute approximate surface area is 245 Å². The molecule has 0 amide bonds. The summed E-state index contributed by atoms with van der Waals surface area (Å²) in [5, 5.41) is 0. The molecule has 0 saturated carbocycles. The lowest BCUT2D eigenvalue weighted by Gasteiger charge is -2.31. The highest BCUT2D eigenvalue weighted by Crippen LogP contribution is 2.51. The smallest absolute Gasteiger partial charge is 0.408 e. The fraction of sp³-hybridized carbons (Fsp3) is 0.500. The second kappa shape index (κ2) is 11.4. The maximum absolute atomic E-state index is 6.89. The molecule has 218 valence electrons. The molecule has 3 aromatic rings. The van der Waals surface area contributed by atoms with Gasteiger partial charge in [-0.25, -0.2) is 0 Å². The molecule has 0 N–H and O–H groups in total. The van der Waals surface area contributed by atoms with Crippen molar-refractivity contribution in [2.75, 3.05) is 0 Å². The van der Waals surface area contributed by atoms with Crippen LogP contribution in [0.3, 0.4) is 0 Å². The molecule has 0 aliphatic carbocycles. The summed E-state index contributed by atoms with van der Waals surface area (Å²) in [5.41, 5.74) is 10.0. The van der Waals surface area contributed by atoms with Crippen LogP contribution in [0.5, 0.6) is 17.2 Å². The van der Waals surface area contributed by atoms with Crippen LogP contribution in [0.2, 0.25) is 0 Å². The number of aryl methyl sites for hydroxylation is 6. The van der Waals surface area contributed by atoms with Crippen LogP contribution in [0, 0.1) is 41.5 Å². The van der Waals surface area contributed by atoms with Gasteiger partial charge in [0, 0.05) is 16.7 Å². The van der Waals surface area contributed by atoms with Crippen molar-refractivity contribution in [1.29, 1.82) is 0 Å². The highest BCUT2D eigenvalue weighted by atomic mass is 31.2. The molecule has 4 heteroatoms. The Bertz CT molecular complexity index is 1210. The molecule has 0 aliphatic rings. The quantitative estimate of drug-likeness (QED) is 0.280. The van der Waals surface area contributed by atoms with Gasteiger partial charge in [0.15, 0.2) is 0 Å². The zero-order valence-electron chi connectivity index (χ0n) is 27.6. The molecule has 0 aromatic heterocycles. The zero-order valence-corrected chi connectivity index (χ0v) is 28.5. The highest BCUT2D eigenvalue weighted by Gasteiger charge is 2.32. The Hall–Kier alpha value is -2.51. The van der Waals surface area contributed by atoms with E-state index in [1.165, 1.54) is 16.7 Å². The van der Waals surface area contributed by atoms with Crippen LogP contribution in [0.15, 0.2) is 36.4 Å². The van der Waals surface area contributed by atoms with Gasteiger partial charge in [0.25, 0.3) is 0 Å². The van der Waals surface area contributed by atoms with Crippen LogP contribution < -0.4 is 13.6 Å². The van der Waals surface area contributed by atoms with Gasteiger partial charge in [-0.05, 0) is 74.5 Å². The predicted molar refractivity (Wildman–Crippen MR) is 173 cm³/mol. The van der Waals surface area contributed by atoms with E-state index >= 15 is 0 Å². The molecule has 0 heterocycles.